The molecule has 106 valence electrons. The summed E-state index contributed by atoms with van der Waals surface area (Å²) in [6, 6.07) is 7.64. The van der Waals surface area contributed by atoms with E-state index in [0.29, 0.717) is 11.7 Å². The minimum Gasteiger partial charge on any atom is -0.379 e. The lowest BCUT2D eigenvalue weighted by molar-refractivity contribution is 0.997. The largest absolute Gasteiger partial charge is 0.379 e. The Morgan fingerprint density at radius 1 is 1.35 bits per heavy atom. The Bertz CT molecular complexity index is 522. The molecule has 1 aliphatic heterocycles. The van der Waals surface area contributed by atoms with E-state index in [1.807, 2.05) is 24.3 Å². The fourth-order valence-electron chi connectivity index (χ4n) is 1.71. The predicted octanol–water partition coefficient (Wildman–Crippen LogP) is 3.15. The highest BCUT2D eigenvalue weighted by molar-refractivity contribution is 8.13. The lowest BCUT2D eigenvalue weighted by atomic mass is 10.2. The van der Waals surface area contributed by atoms with Gasteiger partial charge >= 0.3 is 0 Å². The Labute approximate surface area is 128 Å². The van der Waals surface area contributed by atoms with E-state index < -0.39 is 0 Å². The highest BCUT2D eigenvalue weighted by Gasteiger charge is 2.02. The minimum absolute atomic E-state index is 0.594. The number of rotatable bonds is 6. The third kappa shape index (κ3) is 5.35. The molecule has 0 unspecified atom stereocenters. The van der Waals surface area contributed by atoms with Gasteiger partial charge in [0.15, 0.2) is 5.17 Å². The van der Waals surface area contributed by atoms with Crippen LogP contribution in [0.4, 0.5) is 0 Å². The molecule has 0 saturated carbocycles. The van der Waals surface area contributed by atoms with Gasteiger partial charge in [0.25, 0.3) is 0 Å². The Morgan fingerprint density at radius 3 is 2.85 bits per heavy atom. The number of halogens is 1. The van der Waals surface area contributed by atoms with Crippen LogP contribution in [-0.2, 0) is 6.54 Å². The predicted molar refractivity (Wildman–Crippen MR) is 89.3 cm³/mol. The second-order valence-corrected chi connectivity index (χ2v) is 5.94. The van der Waals surface area contributed by atoms with E-state index in [1.165, 1.54) is 0 Å². The van der Waals surface area contributed by atoms with Crippen LogP contribution in [0.15, 0.2) is 39.2 Å². The first-order valence-electron chi connectivity index (χ1n) is 6.45. The molecular weight excluding hydrogens is 292 g/mol. The second kappa shape index (κ2) is 8.07. The molecule has 20 heavy (non-hydrogen) atoms. The number of aliphatic imine (C=N–C) groups is 3. The van der Waals surface area contributed by atoms with Crippen molar-refractivity contribution in [2.45, 2.75) is 19.4 Å². The fraction of sp³-hybridized carbons (Fsp3) is 0.357. The van der Waals surface area contributed by atoms with Gasteiger partial charge in [0.1, 0.15) is 6.34 Å². The molecule has 0 radical (unpaired) electrons. The lowest BCUT2D eigenvalue weighted by Gasteiger charge is -2.02. The van der Waals surface area contributed by atoms with Gasteiger partial charge in [-0.1, -0.05) is 35.5 Å². The number of hydrogen-bond donors (Lipinski definition) is 1. The molecule has 2 rings (SSSR count). The van der Waals surface area contributed by atoms with Crippen LogP contribution in [0.5, 0.6) is 0 Å². The van der Waals surface area contributed by atoms with Gasteiger partial charge < -0.3 is 5.73 Å². The van der Waals surface area contributed by atoms with Crippen LogP contribution in [0.1, 0.15) is 18.4 Å². The summed E-state index contributed by atoms with van der Waals surface area (Å²) >= 11 is 7.42. The average molecular weight is 309 g/mol. The standard InChI is InChI=1S/C14H17ClN4S/c15-12-5-3-11(4-6-12)8-18-14(16)20-7-1-2-13-9-17-10-19-13/h3-6,10H,1-2,7-9H2,(H2,16,18). The summed E-state index contributed by atoms with van der Waals surface area (Å²) in [6.07, 6.45) is 3.66. The van der Waals surface area contributed by atoms with Gasteiger partial charge in [-0.25, -0.2) is 4.99 Å². The quantitative estimate of drug-likeness (QED) is 0.498. The molecule has 1 aromatic carbocycles. The van der Waals surface area contributed by atoms with Crippen molar-refractivity contribution < 1.29 is 0 Å². The number of amidine groups is 1. The van der Waals surface area contributed by atoms with Gasteiger partial charge in [-0.15, -0.1) is 0 Å². The SMILES string of the molecule is NC(=NCc1ccc(Cl)cc1)SCCCC1=NC=NC1. The normalized spacial score (nSPS) is 14.7. The Morgan fingerprint density at radius 2 is 2.15 bits per heavy atom. The molecule has 4 nitrogen and oxygen atoms in total. The molecule has 0 bridgehead atoms. The van der Waals surface area contributed by atoms with E-state index >= 15 is 0 Å². The zero-order valence-electron chi connectivity index (χ0n) is 11.1. The van der Waals surface area contributed by atoms with Crippen LogP contribution in [-0.4, -0.2) is 29.5 Å². The first-order chi connectivity index (χ1) is 9.74. The van der Waals surface area contributed by atoms with E-state index in [9.17, 15) is 0 Å². The molecule has 6 heteroatoms. The van der Waals surface area contributed by atoms with Crippen molar-refractivity contribution in [2.24, 2.45) is 20.7 Å². The molecular formula is C14H17ClN4S. The zero-order chi connectivity index (χ0) is 14.2. The third-order valence-corrected chi connectivity index (χ3v) is 3.96. The van der Waals surface area contributed by atoms with Crippen LogP contribution in [0.3, 0.4) is 0 Å². The van der Waals surface area contributed by atoms with E-state index in [2.05, 4.69) is 15.0 Å². The molecule has 0 saturated heterocycles. The van der Waals surface area contributed by atoms with E-state index in [-0.39, 0.29) is 0 Å². The summed E-state index contributed by atoms with van der Waals surface area (Å²) in [5, 5.41) is 1.36. The van der Waals surface area contributed by atoms with Gasteiger partial charge in [0.05, 0.1) is 13.1 Å². The summed E-state index contributed by atoms with van der Waals surface area (Å²) in [4.78, 5) is 12.6. The van der Waals surface area contributed by atoms with E-state index in [1.54, 1.807) is 18.1 Å². The molecule has 0 spiro atoms. The summed E-state index contributed by atoms with van der Waals surface area (Å²) in [5.74, 6) is 0.953. The van der Waals surface area contributed by atoms with Gasteiger partial charge in [0, 0.05) is 16.5 Å². The van der Waals surface area contributed by atoms with E-state index in [4.69, 9.17) is 17.3 Å². The van der Waals surface area contributed by atoms with Gasteiger partial charge in [-0.2, -0.15) is 0 Å². The second-order valence-electron chi connectivity index (χ2n) is 4.38. The summed E-state index contributed by atoms with van der Waals surface area (Å²) in [7, 11) is 0. The summed E-state index contributed by atoms with van der Waals surface area (Å²) in [5.41, 5.74) is 8.14. The maximum atomic E-state index is 5.88. The van der Waals surface area contributed by atoms with Crippen LogP contribution in [0.2, 0.25) is 5.02 Å². The van der Waals surface area contributed by atoms with Crippen LogP contribution in [0.25, 0.3) is 0 Å². The monoisotopic (exact) mass is 308 g/mol. The molecule has 1 aromatic rings. The average Bonchev–Trinajstić information content (AvgIpc) is 2.96. The highest BCUT2D eigenvalue weighted by Crippen LogP contribution is 2.11. The molecule has 0 amide bonds. The first kappa shape index (κ1) is 15.1. The third-order valence-electron chi connectivity index (χ3n) is 2.79. The van der Waals surface area contributed by atoms with Crippen LogP contribution in [0, 0.1) is 0 Å². The number of benzene rings is 1. The van der Waals surface area contributed by atoms with Gasteiger partial charge in [-0.3, -0.25) is 9.98 Å². The number of thioether (sulfide) groups is 1. The van der Waals surface area contributed by atoms with Crippen molar-refractivity contribution in [1.82, 2.24) is 0 Å². The van der Waals surface area contributed by atoms with Gasteiger partial charge in [0.2, 0.25) is 0 Å². The maximum absolute atomic E-state index is 5.88. The summed E-state index contributed by atoms with van der Waals surface area (Å²) in [6.45, 7) is 1.35. The molecule has 0 fully saturated rings. The molecule has 2 N–H and O–H groups in total. The first-order valence-corrected chi connectivity index (χ1v) is 7.81. The lowest BCUT2D eigenvalue weighted by Crippen LogP contribution is -2.08. The Kier molecular flexibility index (Phi) is 6.08. The zero-order valence-corrected chi connectivity index (χ0v) is 12.7. The van der Waals surface area contributed by atoms with Crippen molar-refractivity contribution >= 4 is 40.6 Å². The molecule has 0 aliphatic carbocycles. The van der Waals surface area contributed by atoms with E-state index in [0.717, 1.165) is 41.4 Å². The molecule has 1 aliphatic rings. The molecule has 0 aromatic heterocycles. The fourth-order valence-corrected chi connectivity index (χ4v) is 2.49. The van der Waals surface area contributed by atoms with Crippen molar-refractivity contribution in [3.63, 3.8) is 0 Å². The van der Waals surface area contributed by atoms with Crippen LogP contribution < -0.4 is 5.73 Å². The summed E-state index contributed by atoms with van der Waals surface area (Å²) < 4.78 is 0. The number of hydrogen-bond acceptors (Lipinski definition) is 4. The Balaban J connectivity index is 1.64. The highest BCUT2D eigenvalue weighted by atomic mass is 35.5. The van der Waals surface area contributed by atoms with Crippen molar-refractivity contribution in [3.8, 4) is 0 Å². The minimum atomic E-state index is 0.594. The van der Waals surface area contributed by atoms with Crippen molar-refractivity contribution in [1.29, 1.82) is 0 Å². The molecule has 0 atom stereocenters. The molecule has 1 heterocycles. The number of nitrogens with zero attached hydrogens (tertiary/aromatic N) is 3. The maximum Gasteiger partial charge on any atom is 0.154 e. The van der Waals surface area contributed by atoms with Crippen LogP contribution >= 0.6 is 23.4 Å². The van der Waals surface area contributed by atoms with Gasteiger partial charge in [-0.05, 0) is 30.5 Å². The number of nitrogens with two attached hydrogens (primary N) is 1. The smallest absolute Gasteiger partial charge is 0.154 e. The van der Waals surface area contributed by atoms with Crippen molar-refractivity contribution in [2.75, 3.05) is 12.3 Å². The van der Waals surface area contributed by atoms with Crippen molar-refractivity contribution in [3.05, 3.63) is 34.9 Å². The topological polar surface area (TPSA) is 63.1 Å². The Hall–Kier alpha value is -1.33.